The second kappa shape index (κ2) is 6.99. The van der Waals surface area contributed by atoms with Gasteiger partial charge in [0.05, 0.1) is 16.4 Å². The first kappa shape index (κ1) is 17.1. The first-order chi connectivity index (χ1) is 10.8. The fraction of sp³-hybridized carbons (Fsp3) is 0.647. The fourth-order valence-corrected chi connectivity index (χ4v) is 5.93. The third-order valence-electron chi connectivity index (χ3n) is 5.38. The molecule has 6 heteroatoms. The first-order valence-corrected chi connectivity index (χ1v) is 9.35. The van der Waals surface area contributed by atoms with E-state index >= 15 is 0 Å². The lowest BCUT2D eigenvalue weighted by Gasteiger charge is -2.42. The second-order valence-corrected chi connectivity index (χ2v) is 7.98. The number of carbonyl (C=O) groups excluding carboxylic acids is 1. The van der Waals surface area contributed by atoms with Crippen LogP contribution < -0.4 is 5.32 Å². The minimum Gasteiger partial charge on any atom is -0.341 e. The zero-order valence-corrected chi connectivity index (χ0v) is 14.9. The number of hydrogen-bond donors (Lipinski definition) is 1. The van der Waals surface area contributed by atoms with Gasteiger partial charge in [-0.3, -0.25) is 9.79 Å². The van der Waals surface area contributed by atoms with Crippen molar-refractivity contribution in [2.75, 3.05) is 31.9 Å². The number of aliphatic imine (C=N–C) groups is 1. The molecule has 3 heterocycles. The van der Waals surface area contributed by atoms with Crippen molar-refractivity contribution >= 4 is 36.3 Å². The van der Waals surface area contributed by atoms with Gasteiger partial charge < -0.3 is 10.2 Å². The van der Waals surface area contributed by atoms with Crippen LogP contribution in [-0.4, -0.2) is 53.7 Å². The highest BCUT2D eigenvalue weighted by molar-refractivity contribution is 8.01. The van der Waals surface area contributed by atoms with Crippen LogP contribution in [0.1, 0.15) is 19.3 Å². The molecule has 0 bridgehead atoms. The molecular formula is C17H24ClN3OS. The highest BCUT2D eigenvalue weighted by atomic mass is 35.5. The number of thioether (sulfide) groups is 1. The Kier molecular flexibility index (Phi) is 5.19. The van der Waals surface area contributed by atoms with E-state index in [0.29, 0.717) is 11.8 Å². The Morgan fingerprint density at radius 3 is 3.22 bits per heavy atom. The molecule has 3 atom stereocenters. The van der Waals surface area contributed by atoms with Crippen LogP contribution in [-0.2, 0) is 4.79 Å². The van der Waals surface area contributed by atoms with E-state index in [2.05, 4.69) is 28.4 Å². The number of halogens is 1. The summed E-state index contributed by atoms with van der Waals surface area (Å²) in [7, 11) is 0. The summed E-state index contributed by atoms with van der Waals surface area (Å²) in [5, 5.41) is 3.38. The van der Waals surface area contributed by atoms with Crippen LogP contribution in [0, 0.1) is 11.8 Å². The lowest BCUT2D eigenvalue weighted by Crippen LogP contribution is -2.49. The van der Waals surface area contributed by atoms with Gasteiger partial charge in [0.1, 0.15) is 0 Å². The molecule has 0 radical (unpaired) electrons. The van der Waals surface area contributed by atoms with Gasteiger partial charge in [-0.05, 0) is 43.6 Å². The summed E-state index contributed by atoms with van der Waals surface area (Å²) in [5.41, 5.74) is 1.18. The SMILES string of the molecule is Cl.O=C(C1C=NC2=CC=CCC23SCCC13)N1CCCNCC1. The van der Waals surface area contributed by atoms with Crippen molar-refractivity contribution in [1.29, 1.82) is 0 Å². The van der Waals surface area contributed by atoms with E-state index in [9.17, 15) is 4.79 Å². The number of rotatable bonds is 1. The van der Waals surface area contributed by atoms with Crippen LogP contribution in [0.2, 0.25) is 0 Å². The van der Waals surface area contributed by atoms with Gasteiger partial charge in [-0.1, -0.05) is 12.2 Å². The topological polar surface area (TPSA) is 44.7 Å². The molecular weight excluding hydrogens is 330 g/mol. The van der Waals surface area contributed by atoms with Gasteiger partial charge in [-0.25, -0.2) is 0 Å². The molecule has 4 rings (SSSR count). The lowest BCUT2D eigenvalue weighted by molar-refractivity contribution is -0.134. The molecule has 1 amide bonds. The molecule has 0 aromatic rings. The maximum absolute atomic E-state index is 13.1. The van der Waals surface area contributed by atoms with Gasteiger partial charge in [0, 0.05) is 25.8 Å². The molecule has 0 aromatic carbocycles. The first-order valence-electron chi connectivity index (χ1n) is 8.36. The standard InChI is InChI=1S/C17H23N3OS.ClH/c21-16(20-9-3-7-18-8-10-20)13-12-19-15-4-1-2-6-17(15)14(13)5-11-22-17;/h1-2,4,12-14,18H,3,5-11H2;1H. The summed E-state index contributed by atoms with van der Waals surface area (Å²) < 4.78 is 0.0634. The van der Waals surface area contributed by atoms with Gasteiger partial charge in [-0.2, -0.15) is 0 Å². The van der Waals surface area contributed by atoms with Crippen molar-refractivity contribution in [2.24, 2.45) is 16.8 Å². The Morgan fingerprint density at radius 1 is 1.39 bits per heavy atom. The Balaban J connectivity index is 0.00000156. The van der Waals surface area contributed by atoms with Gasteiger partial charge >= 0.3 is 0 Å². The minimum atomic E-state index is -0.0308. The normalized spacial score (nSPS) is 35.7. The lowest BCUT2D eigenvalue weighted by atomic mass is 9.72. The third kappa shape index (κ3) is 2.87. The zero-order valence-electron chi connectivity index (χ0n) is 13.2. The molecule has 4 aliphatic rings. The number of nitrogens with zero attached hydrogens (tertiary/aromatic N) is 2. The molecule has 4 nitrogen and oxygen atoms in total. The van der Waals surface area contributed by atoms with E-state index in [1.807, 2.05) is 18.0 Å². The Bertz CT molecular complexity index is 554. The van der Waals surface area contributed by atoms with Crippen LogP contribution in [0.25, 0.3) is 0 Å². The van der Waals surface area contributed by atoms with Gasteiger partial charge in [0.2, 0.25) is 5.91 Å². The summed E-state index contributed by atoms with van der Waals surface area (Å²) in [6.07, 6.45) is 11.6. The molecule has 0 aromatic heterocycles. The number of amides is 1. The molecule has 126 valence electrons. The Labute approximate surface area is 148 Å². The van der Waals surface area contributed by atoms with Crippen LogP contribution >= 0.6 is 24.2 Å². The molecule has 3 unspecified atom stereocenters. The molecule has 3 aliphatic heterocycles. The quantitative estimate of drug-likeness (QED) is 0.786. The monoisotopic (exact) mass is 353 g/mol. The van der Waals surface area contributed by atoms with E-state index in [1.165, 1.54) is 5.70 Å². The predicted octanol–water partition coefficient (Wildman–Crippen LogP) is 2.27. The van der Waals surface area contributed by atoms with Crippen LogP contribution in [0.3, 0.4) is 0 Å². The number of allylic oxidation sites excluding steroid dienone is 3. The predicted molar refractivity (Wildman–Crippen MR) is 98.4 cm³/mol. The molecule has 23 heavy (non-hydrogen) atoms. The largest absolute Gasteiger partial charge is 0.341 e. The van der Waals surface area contributed by atoms with Crippen molar-refractivity contribution in [1.82, 2.24) is 10.2 Å². The van der Waals surface area contributed by atoms with Crippen LogP contribution in [0.15, 0.2) is 28.9 Å². The van der Waals surface area contributed by atoms with Crippen molar-refractivity contribution in [3.8, 4) is 0 Å². The van der Waals surface area contributed by atoms with Gasteiger partial charge in [-0.15, -0.1) is 24.2 Å². The summed E-state index contributed by atoms with van der Waals surface area (Å²) in [6, 6.07) is 0. The van der Waals surface area contributed by atoms with Crippen molar-refractivity contribution in [3.05, 3.63) is 23.9 Å². The van der Waals surface area contributed by atoms with E-state index in [0.717, 1.165) is 51.2 Å². The van der Waals surface area contributed by atoms with Crippen LogP contribution in [0.4, 0.5) is 0 Å². The van der Waals surface area contributed by atoms with Crippen molar-refractivity contribution in [2.45, 2.75) is 24.0 Å². The third-order valence-corrected chi connectivity index (χ3v) is 7.01. The smallest absolute Gasteiger partial charge is 0.231 e. The maximum atomic E-state index is 13.1. The maximum Gasteiger partial charge on any atom is 0.231 e. The van der Waals surface area contributed by atoms with E-state index in [4.69, 9.17) is 4.99 Å². The van der Waals surface area contributed by atoms with Gasteiger partial charge in [0.15, 0.2) is 0 Å². The number of hydrogen-bond acceptors (Lipinski definition) is 4. The Hall–Kier alpha value is -0.780. The second-order valence-electron chi connectivity index (χ2n) is 6.55. The van der Waals surface area contributed by atoms with Gasteiger partial charge in [0.25, 0.3) is 0 Å². The molecule has 1 N–H and O–H groups in total. The van der Waals surface area contributed by atoms with Crippen molar-refractivity contribution < 1.29 is 4.79 Å². The number of nitrogens with one attached hydrogen (secondary N) is 1. The average Bonchev–Trinajstić information content (AvgIpc) is 2.79. The number of carbonyl (C=O) groups is 1. The van der Waals surface area contributed by atoms with Crippen LogP contribution in [0.5, 0.6) is 0 Å². The molecule has 1 aliphatic carbocycles. The Morgan fingerprint density at radius 2 is 2.30 bits per heavy atom. The van der Waals surface area contributed by atoms with E-state index in [-0.39, 0.29) is 23.1 Å². The summed E-state index contributed by atoms with van der Waals surface area (Å²) >= 11 is 2.01. The molecule has 2 saturated heterocycles. The molecule has 0 saturated carbocycles. The summed E-state index contributed by atoms with van der Waals surface area (Å²) in [6.45, 7) is 3.64. The summed E-state index contributed by atoms with van der Waals surface area (Å²) in [5.74, 6) is 1.82. The molecule has 2 fully saturated rings. The van der Waals surface area contributed by atoms with Crippen molar-refractivity contribution in [3.63, 3.8) is 0 Å². The van der Waals surface area contributed by atoms with E-state index < -0.39 is 0 Å². The van der Waals surface area contributed by atoms with E-state index in [1.54, 1.807) is 0 Å². The average molecular weight is 354 g/mol. The minimum absolute atomic E-state index is 0. The highest BCUT2D eigenvalue weighted by Crippen LogP contribution is 2.56. The summed E-state index contributed by atoms with van der Waals surface area (Å²) in [4.78, 5) is 19.8. The fourth-order valence-electron chi connectivity index (χ4n) is 4.23. The zero-order chi connectivity index (χ0) is 15.0. The highest BCUT2D eigenvalue weighted by Gasteiger charge is 2.53. The molecule has 1 spiro atoms.